The fraction of sp³-hybridized carbons (Fsp3) is 0.227. The zero-order valence-electron chi connectivity index (χ0n) is 17.4. The number of allylic oxidation sites excluding steroid dienone is 1. The Hall–Kier alpha value is -3.10. The maximum Gasteiger partial charge on any atom is 0.338 e. The van der Waals surface area contributed by atoms with Gasteiger partial charge < -0.3 is 25.6 Å². The first-order chi connectivity index (χ1) is 14.8. The second kappa shape index (κ2) is 9.80. The van der Waals surface area contributed by atoms with E-state index in [1.54, 1.807) is 55.3 Å². The minimum Gasteiger partial charge on any atom is -0.463 e. The van der Waals surface area contributed by atoms with Crippen LogP contribution in [0.3, 0.4) is 0 Å². The molecule has 0 fully saturated rings. The van der Waals surface area contributed by atoms with Crippen molar-refractivity contribution >= 4 is 52.3 Å². The first-order valence-electron chi connectivity index (χ1n) is 9.65. The molecule has 0 radical (unpaired) electrons. The molecule has 1 aliphatic rings. The molecule has 9 heteroatoms. The number of ether oxygens (including phenoxy) is 1. The second-order valence-electron chi connectivity index (χ2n) is 6.87. The Morgan fingerprint density at radius 2 is 1.65 bits per heavy atom. The molecule has 162 valence electrons. The van der Waals surface area contributed by atoms with E-state index in [0.717, 1.165) is 11.3 Å². The predicted molar refractivity (Wildman–Crippen MR) is 126 cm³/mol. The summed E-state index contributed by atoms with van der Waals surface area (Å²) in [4.78, 5) is 26.6. The lowest BCUT2D eigenvalue weighted by atomic mass is 9.95. The van der Waals surface area contributed by atoms with E-state index in [0.29, 0.717) is 27.1 Å². The molecular formula is C22H23ClN4O3S. The maximum atomic E-state index is 12.6. The molecule has 3 N–H and O–H groups in total. The molecule has 0 bridgehead atoms. The summed E-state index contributed by atoms with van der Waals surface area (Å²) in [6, 6.07) is 13.2. The van der Waals surface area contributed by atoms with Gasteiger partial charge in [-0.2, -0.15) is 0 Å². The van der Waals surface area contributed by atoms with E-state index in [1.165, 1.54) is 0 Å². The van der Waals surface area contributed by atoms with Crippen molar-refractivity contribution in [1.82, 2.24) is 10.2 Å². The van der Waals surface area contributed by atoms with Crippen molar-refractivity contribution in [2.45, 2.75) is 19.9 Å². The number of amides is 2. The Balaban J connectivity index is 1.76. The zero-order valence-corrected chi connectivity index (χ0v) is 18.9. The van der Waals surface area contributed by atoms with Crippen molar-refractivity contribution in [1.29, 1.82) is 0 Å². The fourth-order valence-corrected chi connectivity index (χ4v) is 3.53. The number of anilines is 2. The van der Waals surface area contributed by atoms with Crippen LogP contribution in [0.25, 0.3) is 0 Å². The molecule has 0 saturated carbocycles. The molecule has 2 amide bonds. The molecule has 31 heavy (non-hydrogen) atoms. The molecule has 1 unspecified atom stereocenters. The van der Waals surface area contributed by atoms with Crippen molar-refractivity contribution in [3.8, 4) is 0 Å². The van der Waals surface area contributed by atoms with Crippen molar-refractivity contribution in [3.05, 3.63) is 70.4 Å². The molecule has 0 saturated heterocycles. The van der Waals surface area contributed by atoms with Crippen LogP contribution in [-0.4, -0.2) is 35.7 Å². The Bertz CT molecular complexity index is 1020. The highest BCUT2D eigenvalue weighted by Gasteiger charge is 2.33. The number of urea groups is 1. The Labute approximate surface area is 191 Å². The summed E-state index contributed by atoms with van der Waals surface area (Å²) in [6.45, 7) is 3.88. The van der Waals surface area contributed by atoms with Crippen LogP contribution >= 0.6 is 23.8 Å². The smallest absolute Gasteiger partial charge is 0.338 e. The summed E-state index contributed by atoms with van der Waals surface area (Å²) >= 11 is 11.2. The number of nitrogens with one attached hydrogen (secondary N) is 3. The number of rotatable bonds is 5. The van der Waals surface area contributed by atoms with Gasteiger partial charge in [-0.15, -0.1) is 0 Å². The van der Waals surface area contributed by atoms with Gasteiger partial charge in [0.1, 0.15) is 0 Å². The molecule has 0 aliphatic carbocycles. The second-order valence-corrected chi connectivity index (χ2v) is 7.69. The highest BCUT2D eigenvalue weighted by atomic mass is 35.5. The summed E-state index contributed by atoms with van der Waals surface area (Å²) in [5.74, 6) is -0.392. The zero-order chi connectivity index (χ0) is 22.5. The van der Waals surface area contributed by atoms with E-state index in [9.17, 15) is 9.59 Å². The number of hydrogen-bond donors (Lipinski definition) is 3. The average molecular weight is 459 g/mol. The third-order valence-electron chi connectivity index (χ3n) is 4.85. The Morgan fingerprint density at radius 1 is 1.10 bits per heavy atom. The van der Waals surface area contributed by atoms with E-state index in [4.69, 9.17) is 28.6 Å². The van der Waals surface area contributed by atoms with E-state index in [1.807, 2.05) is 19.1 Å². The molecule has 0 aromatic heterocycles. The van der Waals surface area contributed by atoms with Gasteiger partial charge in [0.05, 0.1) is 18.2 Å². The van der Waals surface area contributed by atoms with E-state index in [2.05, 4.69) is 16.0 Å². The predicted octanol–water partition coefficient (Wildman–Crippen LogP) is 4.68. The molecule has 2 aromatic rings. The third kappa shape index (κ3) is 5.34. The number of halogens is 1. The minimum atomic E-state index is -0.445. The van der Waals surface area contributed by atoms with Gasteiger partial charge in [0, 0.05) is 29.1 Å². The molecule has 7 nitrogen and oxygen atoms in total. The van der Waals surface area contributed by atoms with Gasteiger partial charge in [-0.05, 0) is 68.0 Å². The summed E-state index contributed by atoms with van der Waals surface area (Å²) in [5.41, 5.74) is 3.28. The van der Waals surface area contributed by atoms with Crippen LogP contribution in [0.5, 0.6) is 0 Å². The van der Waals surface area contributed by atoms with Crippen LogP contribution in [0, 0.1) is 0 Å². The number of thiocarbonyl (C=S) groups is 1. The van der Waals surface area contributed by atoms with Gasteiger partial charge in [0.25, 0.3) is 0 Å². The quantitative estimate of drug-likeness (QED) is 0.445. The fourth-order valence-electron chi connectivity index (χ4n) is 3.14. The first kappa shape index (κ1) is 22.6. The SMILES string of the molecule is CCOC(=O)C1=C(C)N(C)C(=S)NC1c1ccc(NC(=O)Nc2ccc(Cl)cc2)cc1. The van der Waals surface area contributed by atoms with Crippen LogP contribution in [0.15, 0.2) is 59.8 Å². The summed E-state index contributed by atoms with van der Waals surface area (Å²) in [6.07, 6.45) is 0. The van der Waals surface area contributed by atoms with Crippen LogP contribution in [-0.2, 0) is 9.53 Å². The number of benzene rings is 2. The molecule has 1 atom stereocenters. The van der Waals surface area contributed by atoms with E-state index < -0.39 is 12.0 Å². The van der Waals surface area contributed by atoms with Gasteiger partial charge in [0.2, 0.25) is 0 Å². The lowest BCUT2D eigenvalue weighted by Crippen LogP contribution is -2.46. The number of nitrogens with zero attached hydrogens (tertiary/aromatic N) is 1. The highest BCUT2D eigenvalue weighted by molar-refractivity contribution is 7.80. The van der Waals surface area contributed by atoms with Crippen LogP contribution in [0.4, 0.5) is 16.2 Å². The number of hydrogen-bond acceptors (Lipinski definition) is 4. The van der Waals surface area contributed by atoms with E-state index in [-0.39, 0.29) is 12.6 Å². The molecule has 1 aliphatic heterocycles. The first-order valence-corrected chi connectivity index (χ1v) is 10.4. The molecule has 1 heterocycles. The van der Waals surface area contributed by atoms with Crippen LogP contribution in [0.2, 0.25) is 5.02 Å². The van der Waals surface area contributed by atoms with Gasteiger partial charge in [-0.1, -0.05) is 23.7 Å². The Morgan fingerprint density at radius 3 is 2.19 bits per heavy atom. The number of esters is 1. The molecular weight excluding hydrogens is 436 g/mol. The standard InChI is InChI=1S/C22H23ClN4O3S/c1-4-30-20(28)18-13(2)27(3)22(31)26-19(18)14-5-9-16(10-6-14)24-21(29)25-17-11-7-15(23)8-12-17/h5-12,19H,4H2,1-3H3,(H,26,31)(H2,24,25,29). The number of carbonyl (C=O) groups excluding carboxylic acids is 2. The van der Waals surface area contributed by atoms with E-state index >= 15 is 0 Å². The van der Waals surface area contributed by atoms with Crippen molar-refractivity contribution in [3.63, 3.8) is 0 Å². The van der Waals surface area contributed by atoms with Crippen molar-refractivity contribution in [2.24, 2.45) is 0 Å². The normalized spacial score (nSPS) is 15.9. The summed E-state index contributed by atoms with van der Waals surface area (Å²) < 4.78 is 5.25. The van der Waals surface area contributed by atoms with Gasteiger partial charge in [-0.25, -0.2) is 9.59 Å². The van der Waals surface area contributed by atoms with Gasteiger partial charge >= 0.3 is 12.0 Å². The molecule has 2 aromatic carbocycles. The van der Waals surface area contributed by atoms with Gasteiger partial charge in [-0.3, -0.25) is 0 Å². The molecule has 3 rings (SSSR count). The van der Waals surface area contributed by atoms with Crippen LogP contribution in [0.1, 0.15) is 25.5 Å². The maximum absolute atomic E-state index is 12.6. The van der Waals surface area contributed by atoms with Crippen molar-refractivity contribution in [2.75, 3.05) is 24.3 Å². The lowest BCUT2D eigenvalue weighted by molar-refractivity contribution is -0.139. The largest absolute Gasteiger partial charge is 0.463 e. The number of carbonyl (C=O) groups is 2. The van der Waals surface area contributed by atoms with Crippen LogP contribution < -0.4 is 16.0 Å². The summed E-state index contributed by atoms with van der Waals surface area (Å²) in [5, 5.41) is 9.80. The highest BCUT2D eigenvalue weighted by Crippen LogP contribution is 2.31. The molecule has 0 spiro atoms. The van der Waals surface area contributed by atoms with Crippen molar-refractivity contribution < 1.29 is 14.3 Å². The Kier molecular flexibility index (Phi) is 7.14. The average Bonchev–Trinajstić information content (AvgIpc) is 2.74. The monoisotopic (exact) mass is 458 g/mol. The summed E-state index contributed by atoms with van der Waals surface area (Å²) in [7, 11) is 1.80. The third-order valence-corrected chi connectivity index (χ3v) is 5.50. The van der Waals surface area contributed by atoms with Gasteiger partial charge in [0.15, 0.2) is 5.11 Å². The minimum absolute atomic E-state index is 0.280. The lowest BCUT2D eigenvalue weighted by Gasteiger charge is -2.35. The topological polar surface area (TPSA) is 82.7 Å².